The molecule has 0 aliphatic carbocycles. The van der Waals surface area contributed by atoms with E-state index < -0.39 is 185 Å². The fourth-order valence-corrected chi connectivity index (χ4v) is 6.60. The summed E-state index contributed by atoms with van der Waals surface area (Å²) in [6, 6.07) is -3.21. The van der Waals surface area contributed by atoms with E-state index in [-0.39, 0.29) is 0 Å². The first-order valence-electron chi connectivity index (χ1n) is 16.1. The Morgan fingerprint density at radius 3 is 0.697 bits per heavy atom. The molecule has 4 aromatic rings. The molecule has 5 rings (SSSR count). The first-order valence-corrected chi connectivity index (χ1v) is 16.9. The van der Waals surface area contributed by atoms with E-state index in [1.54, 1.807) is 0 Å². The highest BCUT2D eigenvalue weighted by molar-refractivity contribution is 6.31. The van der Waals surface area contributed by atoms with E-state index in [2.05, 4.69) is 0 Å². The average Bonchev–Trinajstić information content (AvgIpc) is 3.92. The van der Waals surface area contributed by atoms with Crippen LogP contribution in [0.1, 0.15) is 22.8 Å². The summed E-state index contributed by atoms with van der Waals surface area (Å²) in [6.45, 7) is 0. The van der Waals surface area contributed by atoms with Crippen LogP contribution in [-0.2, 0) is 0 Å². The Kier molecular flexibility index (Phi) is 11.8. The number of rotatable bonds is 8. The van der Waals surface area contributed by atoms with Gasteiger partial charge >= 0.3 is 72.1 Å². The Hall–Kier alpha value is -4.78. The molecule has 0 spiro atoms. The van der Waals surface area contributed by atoms with Crippen LogP contribution in [0.3, 0.4) is 0 Å². The van der Waals surface area contributed by atoms with E-state index in [0.29, 0.717) is 0 Å². The Labute approximate surface area is 351 Å². The molecular formula is C32H10Cl2F28N4. The van der Waals surface area contributed by atoms with Crippen LogP contribution in [0.2, 0.25) is 10.0 Å². The van der Waals surface area contributed by atoms with Crippen LogP contribution in [0.4, 0.5) is 123 Å². The molecule has 66 heavy (non-hydrogen) atoms. The molecule has 1 aliphatic rings. The lowest BCUT2D eigenvalue weighted by molar-refractivity contribution is -0.339. The fraction of sp³-hybridized carbons (Fsp3) is 0.375. The minimum absolute atomic E-state index is 0.499. The van der Waals surface area contributed by atoms with E-state index in [9.17, 15) is 87.8 Å². The lowest BCUT2D eigenvalue weighted by atomic mass is 9.98. The van der Waals surface area contributed by atoms with Gasteiger partial charge in [-0.05, 0) is 36.4 Å². The zero-order valence-electron chi connectivity index (χ0n) is 29.8. The number of nitrogens with one attached hydrogen (secondary N) is 4. The SMILES string of the molecule is FC(F)(F)C(F)(F)C(F)(F)C1=c2cc(Cl)c([nH]2)=C(C(F)(F)C(F)(F)C(F)(F)F)c2ccc([nH]2)C(C(F)(F)C(F)(F)C(F)(F)F)=c2cc(Cl)c([nH]2)=C(C(F)(F)C(F)(F)C(F)(F)F)c2ccc1[nH]2. The summed E-state index contributed by atoms with van der Waals surface area (Å²) in [5.74, 6) is -58.7. The van der Waals surface area contributed by atoms with Crippen molar-refractivity contribution in [1.82, 2.24) is 19.9 Å². The van der Waals surface area contributed by atoms with Crippen LogP contribution < -0.4 is 21.4 Å². The third-order valence-electron chi connectivity index (χ3n) is 9.28. The Morgan fingerprint density at radius 1 is 0.288 bits per heavy atom. The number of aromatic amines is 4. The summed E-state index contributed by atoms with van der Waals surface area (Å²) in [5.41, 5.74) is -22.5. The molecule has 0 unspecified atom stereocenters. The Balaban J connectivity index is 2.24. The molecule has 0 amide bonds. The largest absolute Gasteiger partial charge is 0.460 e. The molecule has 0 saturated carbocycles. The van der Waals surface area contributed by atoms with Gasteiger partial charge in [0.15, 0.2) is 0 Å². The number of hydrogen-bond donors (Lipinski definition) is 4. The van der Waals surface area contributed by atoms with Gasteiger partial charge in [0.2, 0.25) is 0 Å². The maximum absolute atomic E-state index is 15.8. The molecule has 4 nitrogen and oxygen atoms in total. The van der Waals surface area contributed by atoms with Crippen molar-refractivity contribution in [2.24, 2.45) is 0 Å². The molecule has 0 radical (unpaired) electrons. The normalized spacial score (nSPS) is 16.2. The number of hydrogen-bond acceptors (Lipinski definition) is 0. The molecule has 0 fully saturated rings. The first-order chi connectivity index (χ1) is 29.2. The number of fused-ring (bicyclic) bond motifs is 8. The fourth-order valence-electron chi connectivity index (χ4n) is 6.09. The van der Waals surface area contributed by atoms with Crippen molar-refractivity contribution in [2.75, 3.05) is 0 Å². The van der Waals surface area contributed by atoms with Crippen molar-refractivity contribution in [3.05, 3.63) is 90.6 Å². The van der Waals surface area contributed by atoms with Crippen molar-refractivity contribution in [2.45, 2.75) is 72.1 Å². The number of halogens is 30. The molecule has 34 heteroatoms. The van der Waals surface area contributed by atoms with Gasteiger partial charge in [0.1, 0.15) is 0 Å². The first kappa shape index (κ1) is 52.2. The Morgan fingerprint density at radius 2 is 0.485 bits per heavy atom. The van der Waals surface area contributed by atoms with E-state index in [1.807, 2.05) is 0 Å². The van der Waals surface area contributed by atoms with Gasteiger partial charge in [0, 0.05) is 0 Å². The summed E-state index contributed by atoms with van der Waals surface area (Å²) < 4.78 is 406. The van der Waals surface area contributed by atoms with E-state index in [1.165, 1.54) is 0 Å². The highest BCUT2D eigenvalue weighted by Crippen LogP contribution is 2.56. The molecule has 1 aliphatic heterocycles. The van der Waals surface area contributed by atoms with Gasteiger partial charge in [-0.2, -0.15) is 123 Å². The summed E-state index contributed by atoms with van der Waals surface area (Å²) in [4.78, 5) is 3.72. The van der Waals surface area contributed by atoms with Crippen LogP contribution in [0.25, 0.3) is 22.3 Å². The summed E-state index contributed by atoms with van der Waals surface area (Å²) in [7, 11) is 0. The second-order valence-electron chi connectivity index (χ2n) is 13.5. The topological polar surface area (TPSA) is 63.2 Å². The smallest absolute Gasteiger partial charge is 0.355 e. The summed E-state index contributed by atoms with van der Waals surface area (Å²) in [5, 5.41) is -14.0. The van der Waals surface area contributed by atoms with Gasteiger partial charge in [-0.15, -0.1) is 0 Å². The van der Waals surface area contributed by atoms with E-state index >= 15 is 35.1 Å². The lowest BCUT2D eigenvalue weighted by Gasteiger charge is -2.30. The van der Waals surface area contributed by atoms with Gasteiger partial charge in [-0.1, -0.05) is 23.2 Å². The highest BCUT2D eigenvalue weighted by Gasteiger charge is 2.78. The molecule has 0 atom stereocenters. The van der Waals surface area contributed by atoms with Crippen molar-refractivity contribution < 1.29 is 123 Å². The number of aromatic nitrogens is 4. The van der Waals surface area contributed by atoms with Crippen molar-refractivity contribution in [1.29, 1.82) is 0 Å². The molecule has 5 heterocycles. The second-order valence-corrected chi connectivity index (χ2v) is 14.3. The highest BCUT2D eigenvalue weighted by atomic mass is 35.5. The molecule has 4 aromatic heterocycles. The number of alkyl halides is 28. The van der Waals surface area contributed by atoms with Crippen LogP contribution in [0, 0.1) is 0 Å². The predicted molar refractivity (Wildman–Crippen MR) is 166 cm³/mol. The van der Waals surface area contributed by atoms with Crippen LogP contribution in [0.5, 0.6) is 0 Å². The average molecular weight is 1050 g/mol. The third kappa shape index (κ3) is 7.35. The molecule has 0 aromatic carbocycles. The maximum atomic E-state index is 15.8. The molecule has 0 saturated heterocycles. The quantitative estimate of drug-likeness (QED) is 0.127. The third-order valence-corrected chi connectivity index (χ3v) is 9.88. The predicted octanol–water partition coefficient (Wildman–Crippen LogP) is 10.7. The molecular weight excluding hydrogens is 1040 g/mol. The molecule has 8 bridgehead atoms. The van der Waals surface area contributed by atoms with Gasteiger partial charge in [0.05, 0.1) is 76.5 Å². The van der Waals surface area contributed by atoms with Crippen molar-refractivity contribution in [3.8, 4) is 0 Å². The maximum Gasteiger partial charge on any atom is 0.460 e. The van der Waals surface area contributed by atoms with Crippen LogP contribution in [-0.4, -0.2) is 92.0 Å². The van der Waals surface area contributed by atoms with Crippen molar-refractivity contribution in [3.63, 3.8) is 0 Å². The minimum atomic E-state index is -7.57. The lowest BCUT2D eigenvalue weighted by Crippen LogP contribution is -2.54. The zero-order valence-corrected chi connectivity index (χ0v) is 31.3. The second kappa shape index (κ2) is 14.9. The van der Waals surface area contributed by atoms with Gasteiger partial charge in [0.25, 0.3) is 0 Å². The standard InChI is InChI=1S/C32H10Cl2F28N4/c33-7-5-13-15(21(35,36)25(43,44)29(51,52)53)9-1-3-11(63-9)17(23(39,40)27(47,48)31(57,58)59)19-8(34)6-14(66-19)16(22(37,38)26(45,46)30(54,55)56)10-2-4-12(64-10)18(20(7)65-13)24(41,42)28(49,50)32(60,61)62/h1-6,63-66H. The minimum Gasteiger partial charge on any atom is -0.355 e. The molecule has 4 N–H and O–H groups in total. The van der Waals surface area contributed by atoms with E-state index in [0.717, 1.165) is 19.9 Å². The molecule has 368 valence electrons. The van der Waals surface area contributed by atoms with E-state index in [4.69, 9.17) is 23.2 Å². The summed E-state index contributed by atoms with van der Waals surface area (Å²) >= 11 is 11.2. The van der Waals surface area contributed by atoms with Crippen molar-refractivity contribution >= 4 is 45.5 Å². The van der Waals surface area contributed by atoms with Crippen LogP contribution >= 0.6 is 23.2 Å². The Bertz CT molecular complexity index is 2610. The number of H-pyrrole nitrogens is 4. The monoisotopic (exact) mass is 1050 g/mol. The van der Waals surface area contributed by atoms with Gasteiger partial charge in [-0.3, -0.25) is 0 Å². The zero-order chi connectivity index (χ0) is 51.2. The van der Waals surface area contributed by atoms with Crippen LogP contribution in [0.15, 0.2) is 36.4 Å². The van der Waals surface area contributed by atoms with Gasteiger partial charge < -0.3 is 19.9 Å². The summed E-state index contributed by atoms with van der Waals surface area (Å²) in [6.07, 6.45) is -30.0. The van der Waals surface area contributed by atoms with Gasteiger partial charge in [-0.25, -0.2) is 0 Å².